The molecule has 0 bridgehead atoms. The average Bonchev–Trinajstić information content (AvgIpc) is 2.82. The van der Waals surface area contributed by atoms with Crippen LogP contribution in [0.3, 0.4) is 0 Å². The summed E-state index contributed by atoms with van der Waals surface area (Å²) in [6.45, 7) is 0.145. The second-order valence-electron chi connectivity index (χ2n) is 4.29. The third kappa shape index (κ3) is 2.79. The van der Waals surface area contributed by atoms with Gasteiger partial charge in [0.1, 0.15) is 12.1 Å². The topological polar surface area (TPSA) is 59.8 Å². The molecule has 1 aromatic heterocycles. The molecule has 0 aliphatic rings. The first-order valence-corrected chi connectivity index (χ1v) is 7.14. The molecule has 0 fully saturated rings. The molecule has 3 rings (SSSR count). The predicted octanol–water partition coefficient (Wildman–Crippen LogP) is 2.67. The minimum Gasteiger partial charge on any atom is -0.324 e. The van der Waals surface area contributed by atoms with Crippen LogP contribution < -0.4 is 5.32 Å². The Balaban J connectivity index is 1.76. The van der Waals surface area contributed by atoms with Crippen LogP contribution in [0.25, 0.3) is 11.0 Å². The lowest BCUT2D eigenvalue weighted by molar-refractivity contribution is -0.116. The van der Waals surface area contributed by atoms with E-state index in [1.165, 1.54) is 0 Å². The highest BCUT2D eigenvalue weighted by Crippen LogP contribution is 2.13. The molecule has 2 aromatic carbocycles. The van der Waals surface area contributed by atoms with Gasteiger partial charge in [0.05, 0.1) is 5.52 Å². The summed E-state index contributed by atoms with van der Waals surface area (Å²) in [7, 11) is 0. The molecular formula is C14H11IN4O. The zero-order chi connectivity index (χ0) is 13.9. The molecule has 0 radical (unpaired) electrons. The van der Waals surface area contributed by atoms with E-state index in [-0.39, 0.29) is 12.5 Å². The van der Waals surface area contributed by atoms with Gasteiger partial charge in [0.25, 0.3) is 0 Å². The highest BCUT2D eigenvalue weighted by atomic mass is 127. The monoisotopic (exact) mass is 378 g/mol. The lowest BCUT2D eigenvalue weighted by Crippen LogP contribution is -2.19. The largest absolute Gasteiger partial charge is 0.324 e. The number of aromatic nitrogens is 3. The summed E-state index contributed by atoms with van der Waals surface area (Å²) in [4.78, 5) is 12.0. The van der Waals surface area contributed by atoms with Crippen LogP contribution in [0, 0.1) is 3.57 Å². The number of carbonyl (C=O) groups is 1. The standard InChI is InChI=1S/C14H11IN4O/c15-10-4-3-5-11(8-10)16-14(20)9-19-13-7-2-1-6-12(13)17-18-19/h1-8H,9H2,(H,16,20). The van der Waals surface area contributed by atoms with Gasteiger partial charge in [-0.15, -0.1) is 5.10 Å². The Bertz CT molecular complexity index is 768. The number of para-hydroxylation sites is 1. The molecule has 0 saturated carbocycles. The molecule has 1 heterocycles. The number of benzene rings is 2. The number of halogens is 1. The summed E-state index contributed by atoms with van der Waals surface area (Å²) in [5.74, 6) is -0.123. The average molecular weight is 378 g/mol. The van der Waals surface area contributed by atoms with E-state index in [2.05, 4.69) is 38.2 Å². The summed E-state index contributed by atoms with van der Waals surface area (Å²) in [6, 6.07) is 15.2. The van der Waals surface area contributed by atoms with Crippen molar-refractivity contribution in [1.82, 2.24) is 15.0 Å². The summed E-state index contributed by atoms with van der Waals surface area (Å²) in [5, 5.41) is 10.9. The normalized spacial score (nSPS) is 10.7. The molecule has 0 aliphatic carbocycles. The fourth-order valence-electron chi connectivity index (χ4n) is 1.94. The number of fused-ring (bicyclic) bond motifs is 1. The highest BCUT2D eigenvalue weighted by molar-refractivity contribution is 14.1. The van der Waals surface area contributed by atoms with Gasteiger partial charge in [-0.2, -0.15) is 0 Å². The maximum Gasteiger partial charge on any atom is 0.246 e. The van der Waals surface area contributed by atoms with E-state index < -0.39 is 0 Å². The number of anilines is 1. The summed E-state index contributed by atoms with van der Waals surface area (Å²) < 4.78 is 2.67. The first-order valence-electron chi connectivity index (χ1n) is 6.06. The predicted molar refractivity (Wildman–Crippen MR) is 85.3 cm³/mol. The van der Waals surface area contributed by atoms with Gasteiger partial charge >= 0.3 is 0 Å². The van der Waals surface area contributed by atoms with Crippen molar-refractivity contribution in [1.29, 1.82) is 0 Å². The number of nitrogens with zero attached hydrogens (tertiary/aromatic N) is 3. The van der Waals surface area contributed by atoms with Crippen LogP contribution in [0.5, 0.6) is 0 Å². The van der Waals surface area contributed by atoms with Crippen molar-refractivity contribution < 1.29 is 4.79 Å². The molecule has 1 amide bonds. The number of rotatable bonds is 3. The minimum absolute atomic E-state index is 0.123. The van der Waals surface area contributed by atoms with E-state index in [0.717, 1.165) is 20.3 Å². The van der Waals surface area contributed by atoms with Gasteiger partial charge in [-0.05, 0) is 52.9 Å². The van der Waals surface area contributed by atoms with E-state index in [1.54, 1.807) is 4.68 Å². The van der Waals surface area contributed by atoms with Gasteiger partial charge < -0.3 is 5.32 Å². The lowest BCUT2D eigenvalue weighted by Gasteiger charge is -2.06. The Morgan fingerprint density at radius 3 is 2.90 bits per heavy atom. The molecule has 100 valence electrons. The van der Waals surface area contributed by atoms with Gasteiger partial charge in [0, 0.05) is 9.26 Å². The molecule has 0 aliphatic heterocycles. The van der Waals surface area contributed by atoms with Crippen molar-refractivity contribution in [2.45, 2.75) is 6.54 Å². The fourth-order valence-corrected chi connectivity index (χ4v) is 2.48. The molecule has 0 spiro atoms. The van der Waals surface area contributed by atoms with Crippen LogP contribution in [0.1, 0.15) is 0 Å². The molecule has 0 saturated heterocycles. The van der Waals surface area contributed by atoms with Gasteiger partial charge in [-0.25, -0.2) is 4.68 Å². The maximum atomic E-state index is 12.0. The van der Waals surface area contributed by atoms with Crippen molar-refractivity contribution >= 4 is 45.2 Å². The molecular weight excluding hydrogens is 367 g/mol. The molecule has 1 N–H and O–H groups in total. The number of hydrogen-bond acceptors (Lipinski definition) is 3. The van der Waals surface area contributed by atoms with Crippen LogP contribution >= 0.6 is 22.6 Å². The maximum absolute atomic E-state index is 12.0. The Morgan fingerprint density at radius 2 is 2.05 bits per heavy atom. The Labute approximate surface area is 129 Å². The van der Waals surface area contributed by atoms with E-state index in [1.807, 2.05) is 48.5 Å². The molecule has 5 nitrogen and oxygen atoms in total. The second kappa shape index (κ2) is 5.58. The molecule has 0 unspecified atom stereocenters. The van der Waals surface area contributed by atoms with E-state index in [4.69, 9.17) is 0 Å². The van der Waals surface area contributed by atoms with Crippen molar-refractivity contribution in [3.8, 4) is 0 Å². The summed E-state index contributed by atoms with van der Waals surface area (Å²) >= 11 is 2.21. The zero-order valence-corrected chi connectivity index (χ0v) is 12.6. The molecule has 20 heavy (non-hydrogen) atoms. The van der Waals surface area contributed by atoms with Crippen molar-refractivity contribution in [2.24, 2.45) is 0 Å². The fraction of sp³-hybridized carbons (Fsp3) is 0.0714. The van der Waals surface area contributed by atoms with Crippen molar-refractivity contribution in [3.63, 3.8) is 0 Å². The van der Waals surface area contributed by atoms with Gasteiger partial charge in [-0.1, -0.05) is 23.4 Å². The van der Waals surface area contributed by atoms with Crippen LogP contribution in [0.4, 0.5) is 5.69 Å². The molecule has 3 aromatic rings. The second-order valence-corrected chi connectivity index (χ2v) is 5.54. The SMILES string of the molecule is O=C(Cn1nnc2ccccc21)Nc1cccc(I)c1. The Morgan fingerprint density at radius 1 is 1.20 bits per heavy atom. The van der Waals surface area contributed by atoms with Gasteiger partial charge in [0.15, 0.2) is 0 Å². The number of amides is 1. The van der Waals surface area contributed by atoms with E-state index in [9.17, 15) is 4.79 Å². The zero-order valence-electron chi connectivity index (χ0n) is 10.5. The van der Waals surface area contributed by atoms with Crippen LogP contribution in [-0.4, -0.2) is 20.9 Å². The number of hydrogen-bond donors (Lipinski definition) is 1. The summed E-state index contributed by atoms with van der Waals surface area (Å²) in [6.07, 6.45) is 0. The van der Waals surface area contributed by atoms with E-state index >= 15 is 0 Å². The lowest BCUT2D eigenvalue weighted by atomic mass is 10.3. The van der Waals surface area contributed by atoms with Gasteiger partial charge in [-0.3, -0.25) is 4.79 Å². The van der Waals surface area contributed by atoms with Crippen LogP contribution in [-0.2, 0) is 11.3 Å². The Kier molecular flexibility index (Phi) is 3.64. The van der Waals surface area contributed by atoms with Crippen molar-refractivity contribution in [2.75, 3.05) is 5.32 Å². The third-order valence-corrected chi connectivity index (χ3v) is 3.49. The quantitative estimate of drug-likeness (QED) is 0.713. The first kappa shape index (κ1) is 13.0. The van der Waals surface area contributed by atoms with Crippen molar-refractivity contribution in [3.05, 3.63) is 52.1 Å². The van der Waals surface area contributed by atoms with Crippen LogP contribution in [0.2, 0.25) is 0 Å². The van der Waals surface area contributed by atoms with E-state index in [0.29, 0.717) is 0 Å². The first-order chi connectivity index (χ1) is 9.72. The molecule has 6 heteroatoms. The Hall–Kier alpha value is -1.96. The number of carbonyl (C=O) groups excluding carboxylic acids is 1. The number of nitrogens with one attached hydrogen (secondary N) is 1. The smallest absolute Gasteiger partial charge is 0.246 e. The minimum atomic E-state index is -0.123. The molecule has 0 atom stereocenters. The summed E-state index contributed by atoms with van der Waals surface area (Å²) in [5.41, 5.74) is 2.42. The third-order valence-electron chi connectivity index (χ3n) is 2.82. The van der Waals surface area contributed by atoms with Gasteiger partial charge in [0.2, 0.25) is 5.91 Å². The van der Waals surface area contributed by atoms with Crippen LogP contribution in [0.15, 0.2) is 48.5 Å². The highest BCUT2D eigenvalue weighted by Gasteiger charge is 2.08.